The molecule has 0 atom stereocenters. The fraction of sp³-hybridized carbons (Fsp3) is 0.250. The Morgan fingerprint density at radius 1 is 1.33 bits per heavy atom. The summed E-state index contributed by atoms with van der Waals surface area (Å²) in [5.74, 6) is 0.947. The van der Waals surface area contributed by atoms with E-state index in [-0.39, 0.29) is 5.78 Å². The van der Waals surface area contributed by atoms with E-state index < -0.39 is 0 Å². The van der Waals surface area contributed by atoms with Crippen molar-refractivity contribution in [1.29, 1.82) is 0 Å². The number of hydrogen-bond acceptors (Lipinski definition) is 4. The molecule has 2 aromatic heterocycles. The van der Waals surface area contributed by atoms with Gasteiger partial charge in [-0.2, -0.15) is 0 Å². The van der Waals surface area contributed by atoms with E-state index in [1.165, 1.54) is 11.3 Å². The van der Waals surface area contributed by atoms with Crippen molar-refractivity contribution in [1.82, 2.24) is 9.38 Å². The molecule has 0 N–H and O–H groups in total. The molecule has 0 spiro atoms. The summed E-state index contributed by atoms with van der Waals surface area (Å²) in [4.78, 5) is 17.8. The van der Waals surface area contributed by atoms with Gasteiger partial charge in [-0.1, -0.05) is 11.3 Å². The average Bonchev–Trinajstić information content (AvgIpc) is 3.00. The minimum atomic E-state index is 0.0885. The summed E-state index contributed by atoms with van der Waals surface area (Å²) in [6, 6.07) is 7.89. The molecule has 0 unspecified atom stereocenters. The predicted octanol–water partition coefficient (Wildman–Crippen LogP) is 3.97. The lowest BCUT2D eigenvalue weighted by Crippen LogP contribution is -1.92. The Kier molecular flexibility index (Phi) is 3.51. The van der Waals surface area contributed by atoms with Gasteiger partial charge in [0, 0.05) is 24.4 Å². The highest BCUT2D eigenvalue weighted by Gasteiger charge is 2.15. The molecule has 3 rings (SSSR count). The first-order valence-electron chi connectivity index (χ1n) is 6.82. The van der Waals surface area contributed by atoms with Crippen LogP contribution in [0.25, 0.3) is 16.2 Å². The second-order valence-corrected chi connectivity index (χ2v) is 5.79. The molecule has 108 valence electrons. The van der Waals surface area contributed by atoms with E-state index in [2.05, 4.69) is 4.98 Å². The number of aromatic nitrogens is 2. The summed E-state index contributed by atoms with van der Waals surface area (Å²) < 4.78 is 7.42. The Balaban J connectivity index is 1.99. The summed E-state index contributed by atoms with van der Waals surface area (Å²) >= 11 is 1.44. The van der Waals surface area contributed by atoms with Gasteiger partial charge in [-0.25, -0.2) is 4.98 Å². The molecule has 3 aromatic rings. The first kappa shape index (κ1) is 13.8. The van der Waals surface area contributed by atoms with Crippen LogP contribution in [-0.2, 0) is 0 Å². The van der Waals surface area contributed by atoms with Crippen molar-refractivity contribution in [3.8, 4) is 17.0 Å². The number of fused-ring (bicyclic) bond motifs is 1. The van der Waals surface area contributed by atoms with Gasteiger partial charge in [0.25, 0.3) is 0 Å². The highest BCUT2D eigenvalue weighted by molar-refractivity contribution is 7.19. The summed E-state index contributed by atoms with van der Waals surface area (Å²) in [7, 11) is 0. The molecule has 5 heteroatoms. The topological polar surface area (TPSA) is 43.6 Å². The number of carbonyl (C=O) groups is 1. The first-order valence-corrected chi connectivity index (χ1v) is 7.64. The second kappa shape index (κ2) is 5.33. The van der Waals surface area contributed by atoms with Crippen LogP contribution in [0, 0.1) is 6.92 Å². The van der Waals surface area contributed by atoms with Crippen LogP contribution >= 0.6 is 11.3 Å². The lowest BCUT2D eigenvalue weighted by atomic mass is 10.1. The zero-order valence-corrected chi connectivity index (χ0v) is 13.0. The van der Waals surface area contributed by atoms with E-state index in [4.69, 9.17) is 4.74 Å². The molecule has 0 amide bonds. The van der Waals surface area contributed by atoms with E-state index >= 15 is 0 Å². The van der Waals surface area contributed by atoms with Crippen molar-refractivity contribution in [2.24, 2.45) is 0 Å². The molecule has 0 radical (unpaired) electrons. The quantitative estimate of drug-likeness (QED) is 0.685. The molecule has 0 saturated carbocycles. The van der Waals surface area contributed by atoms with Crippen molar-refractivity contribution in [2.75, 3.05) is 6.61 Å². The largest absolute Gasteiger partial charge is 0.494 e. The Morgan fingerprint density at radius 3 is 2.62 bits per heavy atom. The van der Waals surface area contributed by atoms with E-state index in [1.807, 2.05) is 48.7 Å². The van der Waals surface area contributed by atoms with Gasteiger partial charge >= 0.3 is 0 Å². The second-order valence-electron chi connectivity index (χ2n) is 4.81. The summed E-state index contributed by atoms with van der Waals surface area (Å²) in [6.45, 7) is 6.16. The number of carbonyl (C=O) groups excluding carboxylic acids is 1. The zero-order chi connectivity index (χ0) is 15.0. The number of ether oxygens (including phenoxy) is 1. The molecule has 4 nitrogen and oxygen atoms in total. The third-order valence-electron chi connectivity index (χ3n) is 3.34. The molecule has 21 heavy (non-hydrogen) atoms. The van der Waals surface area contributed by atoms with E-state index in [1.54, 1.807) is 6.92 Å². The Labute approximate surface area is 127 Å². The van der Waals surface area contributed by atoms with Gasteiger partial charge in [-0.3, -0.25) is 9.20 Å². The predicted molar refractivity (Wildman–Crippen MR) is 84.4 cm³/mol. The number of nitrogens with zero attached hydrogens (tertiary/aromatic N) is 2. The maximum absolute atomic E-state index is 11.5. The molecule has 0 aliphatic carbocycles. The zero-order valence-electron chi connectivity index (χ0n) is 12.2. The van der Waals surface area contributed by atoms with E-state index in [9.17, 15) is 4.79 Å². The number of benzene rings is 1. The van der Waals surface area contributed by atoms with Gasteiger partial charge in [0.2, 0.25) is 0 Å². The van der Waals surface area contributed by atoms with Crippen LogP contribution in [-0.4, -0.2) is 21.8 Å². The minimum absolute atomic E-state index is 0.0885. The summed E-state index contributed by atoms with van der Waals surface area (Å²) in [5, 5.41) is 0. The molecule has 0 aliphatic rings. The van der Waals surface area contributed by atoms with Gasteiger partial charge < -0.3 is 4.74 Å². The number of hydrogen-bond donors (Lipinski definition) is 0. The number of Topliss-reactive ketones (excluding diaryl/α,β-unsaturated/α-hetero) is 1. The monoisotopic (exact) mass is 300 g/mol. The number of aryl methyl sites for hydroxylation is 1. The summed E-state index contributed by atoms with van der Waals surface area (Å²) in [6.07, 6.45) is 1.98. The van der Waals surface area contributed by atoms with Crippen molar-refractivity contribution >= 4 is 22.1 Å². The number of ketones is 1. The van der Waals surface area contributed by atoms with Gasteiger partial charge in [0.1, 0.15) is 5.75 Å². The van der Waals surface area contributed by atoms with Gasteiger partial charge in [-0.15, -0.1) is 0 Å². The van der Waals surface area contributed by atoms with Crippen LogP contribution in [0.2, 0.25) is 0 Å². The molecule has 0 fully saturated rings. The summed E-state index contributed by atoms with van der Waals surface area (Å²) in [5.41, 5.74) is 2.90. The number of imidazole rings is 1. The molecule has 2 heterocycles. The minimum Gasteiger partial charge on any atom is -0.494 e. The van der Waals surface area contributed by atoms with Crippen LogP contribution < -0.4 is 4.74 Å². The Bertz CT molecular complexity index is 800. The van der Waals surface area contributed by atoms with Crippen LogP contribution in [0.3, 0.4) is 0 Å². The molecule has 1 aromatic carbocycles. The lowest BCUT2D eigenvalue weighted by molar-refractivity contribution is 0.102. The van der Waals surface area contributed by atoms with Gasteiger partial charge in [0.05, 0.1) is 17.2 Å². The number of rotatable bonds is 4. The maximum atomic E-state index is 11.5. The van der Waals surface area contributed by atoms with Crippen molar-refractivity contribution in [3.63, 3.8) is 0 Å². The molecular weight excluding hydrogens is 284 g/mol. The van der Waals surface area contributed by atoms with Crippen LogP contribution in [0.1, 0.15) is 29.2 Å². The van der Waals surface area contributed by atoms with Gasteiger partial charge in [0.15, 0.2) is 10.7 Å². The average molecular weight is 300 g/mol. The third-order valence-corrected chi connectivity index (χ3v) is 4.60. The first-order chi connectivity index (χ1) is 10.1. The SMILES string of the molecule is CCOc1ccc(-c2cn3c(C)c(C(C)=O)sc3n2)cc1. The standard InChI is InChI=1S/C16H16N2O2S/c1-4-20-13-7-5-12(6-8-13)14-9-18-10(2)15(11(3)19)21-16(18)17-14/h5-9H,4H2,1-3H3. The highest BCUT2D eigenvalue weighted by Crippen LogP contribution is 2.28. The van der Waals surface area contributed by atoms with Crippen molar-refractivity contribution < 1.29 is 9.53 Å². The van der Waals surface area contributed by atoms with Gasteiger partial charge in [-0.05, 0) is 38.1 Å². The fourth-order valence-electron chi connectivity index (χ4n) is 2.30. The molecule has 0 aliphatic heterocycles. The van der Waals surface area contributed by atoms with Crippen molar-refractivity contribution in [2.45, 2.75) is 20.8 Å². The normalized spacial score (nSPS) is 11.0. The highest BCUT2D eigenvalue weighted by atomic mass is 32.1. The fourth-order valence-corrected chi connectivity index (χ4v) is 3.31. The molecule has 0 saturated heterocycles. The lowest BCUT2D eigenvalue weighted by Gasteiger charge is -2.03. The van der Waals surface area contributed by atoms with E-state index in [0.29, 0.717) is 6.61 Å². The number of thiazole rings is 1. The van der Waals surface area contributed by atoms with Crippen LogP contribution in [0.4, 0.5) is 0 Å². The van der Waals surface area contributed by atoms with E-state index in [0.717, 1.165) is 32.5 Å². The van der Waals surface area contributed by atoms with Crippen molar-refractivity contribution in [3.05, 3.63) is 41.0 Å². The van der Waals surface area contributed by atoms with Crippen LogP contribution in [0.5, 0.6) is 5.75 Å². The smallest absolute Gasteiger partial charge is 0.195 e. The Morgan fingerprint density at radius 2 is 2.05 bits per heavy atom. The third kappa shape index (κ3) is 2.45. The van der Waals surface area contributed by atoms with Crippen LogP contribution in [0.15, 0.2) is 30.5 Å². The Hall–Kier alpha value is -2.14. The molecule has 0 bridgehead atoms. The maximum Gasteiger partial charge on any atom is 0.195 e. The molecular formula is C16H16N2O2S.